The van der Waals surface area contributed by atoms with E-state index < -0.39 is 12.1 Å². The molecule has 0 fully saturated rings. The maximum Gasteiger partial charge on any atom is 0.312 e. The first kappa shape index (κ1) is 16.7. The van der Waals surface area contributed by atoms with Crippen LogP contribution < -0.4 is 11.1 Å². The molecule has 126 valence electrons. The zero-order chi connectivity index (χ0) is 17.1. The van der Waals surface area contributed by atoms with E-state index >= 15 is 0 Å². The van der Waals surface area contributed by atoms with Gasteiger partial charge in [0.2, 0.25) is 5.91 Å². The van der Waals surface area contributed by atoms with Crippen molar-refractivity contribution in [1.29, 1.82) is 0 Å². The van der Waals surface area contributed by atoms with Gasteiger partial charge in [-0.3, -0.25) is 4.79 Å². The van der Waals surface area contributed by atoms with Crippen molar-refractivity contribution in [2.45, 2.75) is 25.4 Å². The van der Waals surface area contributed by atoms with Crippen LogP contribution >= 0.6 is 22.9 Å². The minimum atomic E-state index is -0.640. The molecule has 0 radical (unpaired) electrons. The maximum atomic E-state index is 12.7. The molecule has 1 unspecified atom stereocenters. The molecule has 0 bridgehead atoms. The molecule has 0 aromatic carbocycles. The molecule has 3 rings (SSSR count). The molecule has 3 N–H and O–H groups in total. The standard InChI is InChI=1S/C16H17ClN4O2S/c17-14-4-3-10-5-6-21(9-12(10)19-14)15(22)8-11(20-16(18)23)13-2-1-7-24-13/h1-4,7,11H,5-6,8-9H2,(H3,18,20,23). The van der Waals surface area contributed by atoms with E-state index in [0.717, 1.165) is 22.6 Å². The number of nitrogens with two attached hydrogens (primary N) is 1. The molecule has 2 aromatic heterocycles. The van der Waals surface area contributed by atoms with Gasteiger partial charge in [-0.15, -0.1) is 11.3 Å². The summed E-state index contributed by atoms with van der Waals surface area (Å²) in [7, 11) is 0. The largest absolute Gasteiger partial charge is 0.352 e. The number of pyridine rings is 1. The predicted molar refractivity (Wildman–Crippen MR) is 92.8 cm³/mol. The first-order chi connectivity index (χ1) is 11.5. The minimum absolute atomic E-state index is 0.0467. The van der Waals surface area contributed by atoms with Crippen molar-refractivity contribution in [2.24, 2.45) is 5.73 Å². The molecule has 0 aliphatic carbocycles. The highest BCUT2D eigenvalue weighted by Crippen LogP contribution is 2.25. The SMILES string of the molecule is NC(=O)NC(CC(=O)N1CCc2ccc(Cl)nc2C1)c1cccs1. The van der Waals surface area contributed by atoms with Crippen molar-refractivity contribution in [1.82, 2.24) is 15.2 Å². The molecule has 1 aliphatic heterocycles. The predicted octanol–water partition coefficient (Wildman–Crippen LogP) is 2.48. The van der Waals surface area contributed by atoms with E-state index in [1.54, 1.807) is 11.0 Å². The summed E-state index contributed by atoms with van der Waals surface area (Å²) >= 11 is 7.42. The van der Waals surface area contributed by atoms with Crippen LogP contribution in [0.1, 0.15) is 28.6 Å². The molecule has 1 atom stereocenters. The summed E-state index contributed by atoms with van der Waals surface area (Å²) in [5.41, 5.74) is 7.19. The average molecular weight is 365 g/mol. The van der Waals surface area contributed by atoms with Gasteiger partial charge in [-0.25, -0.2) is 9.78 Å². The summed E-state index contributed by atoms with van der Waals surface area (Å²) in [6.07, 6.45) is 0.914. The third-order valence-electron chi connectivity index (χ3n) is 3.96. The second-order valence-electron chi connectivity index (χ2n) is 5.59. The van der Waals surface area contributed by atoms with Gasteiger partial charge >= 0.3 is 6.03 Å². The molecule has 2 aromatic rings. The number of carbonyl (C=O) groups excluding carboxylic acids is 2. The highest BCUT2D eigenvalue weighted by molar-refractivity contribution is 7.10. The number of rotatable bonds is 4. The van der Waals surface area contributed by atoms with Crippen LogP contribution in [-0.2, 0) is 17.8 Å². The zero-order valence-corrected chi connectivity index (χ0v) is 14.4. The van der Waals surface area contributed by atoms with Gasteiger partial charge in [0.1, 0.15) is 5.15 Å². The summed E-state index contributed by atoms with van der Waals surface area (Å²) in [5.74, 6) is -0.0467. The van der Waals surface area contributed by atoms with Crippen LogP contribution in [0.5, 0.6) is 0 Å². The maximum absolute atomic E-state index is 12.7. The number of thiophene rings is 1. The van der Waals surface area contributed by atoms with Crippen LogP contribution in [0, 0.1) is 0 Å². The first-order valence-corrected chi connectivity index (χ1v) is 8.80. The van der Waals surface area contributed by atoms with E-state index in [1.165, 1.54) is 11.3 Å². The Morgan fingerprint density at radius 3 is 2.96 bits per heavy atom. The van der Waals surface area contributed by atoms with Crippen molar-refractivity contribution in [3.8, 4) is 0 Å². The van der Waals surface area contributed by atoms with Crippen LogP contribution in [0.2, 0.25) is 5.15 Å². The molecule has 1 aliphatic rings. The first-order valence-electron chi connectivity index (χ1n) is 7.54. The number of carbonyl (C=O) groups is 2. The fraction of sp³-hybridized carbons (Fsp3) is 0.312. The van der Waals surface area contributed by atoms with Gasteiger partial charge in [0.05, 0.1) is 24.7 Å². The van der Waals surface area contributed by atoms with E-state index in [1.807, 2.05) is 23.6 Å². The van der Waals surface area contributed by atoms with Gasteiger partial charge in [-0.05, 0) is 29.5 Å². The number of fused-ring (bicyclic) bond motifs is 1. The lowest BCUT2D eigenvalue weighted by molar-refractivity contribution is -0.132. The van der Waals surface area contributed by atoms with Crippen molar-refractivity contribution in [3.05, 3.63) is 50.9 Å². The number of halogens is 1. The van der Waals surface area contributed by atoms with Crippen molar-refractivity contribution >= 4 is 34.9 Å². The number of nitrogens with one attached hydrogen (secondary N) is 1. The van der Waals surface area contributed by atoms with Gasteiger partial charge < -0.3 is 16.0 Å². The number of urea groups is 1. The molecule has 0 saturated heterocycles. The number of amides is 3. The summed E-state index contributed by atoms with van der Waals surface area (Å²) in [6.45, 7) is 1.06. The summed E-state index contributed by atoms with van der Waals surface area (Å²) < 4.78 is 0. The minimum Gasteiger partial charge on any atom is -0.352 e. The Balaban J connectivity index is 1.70. The van der Waals surface area contributed by atoms with E-state index in [-0.39, 0.29) is 12.3 Å². The van der Waals surface area contributed by atoms with E-state index in [4.69, 9.17) is 17.3 Å². The van der Waals surface area contributed by atoms with Gasteiger partial charge in [-0.2, -0.15) is 0 Å². The lowest BCUT2D eigenvalue weighted by Crippen LogP contribution is -2.40. The van der Waals surface area contributed by atoms with Crippen molar-refractivity contribution in [3.63, 3.8) is 0 Å². The average Bonchev–Trinajstić information content (AvgIpc) is 3.07. The molecular formula is C16H17ClN4O2S. The topological polar surface area (TPSA) is 88.3 Å². The fourth-order valence-electron chi connectivity index (χ4n) is 2.78. The molecule has 3 heterocycles. The Bertz CT molecular complexity index is 751. The van der Waals surface area contributed by atoms with Crippen LogP contribution in [-0.4, -0.2) is 28.4 Å². The van der Waals surface area contributed by atoms with E-state index in [9.17, 15) is 9.59 Å². The quantitative estimate of drug-likeness (QED) is 0.817. The molecule has 3 amide bonds. The Morgan fingerprint density at radius 2 is 2.25 bits per heavy atom. The van der Waals surface area contributed by atoms with Crippen molar-refractivity contribution < 1.29 is 9.59 Å². The van der Waals surface area contributed by atoms with Crippen LogP contribution in [0.4, 0.5) is 4.79 Å². The number of hydrogen-bond donors (Lipinski definition) is 2. The van der Waals surface area contributed by atoms with Gasteiger partial charge in [-0.1, -0.05) is 23.7 Å². The molecular weight excluding hydrogens is 348 g/mol. The normalized spacial score (nSPS) is 14.8. The lowest BCUT2D eigenvalue weighted by atomic mass is 10.0. The Morgan fingerprint density at radius 1 is 1.42 bits per heavy atom. The van der Waals surface area contributed by atoms with E-state index in [0.29, 0.717) is 18.2 Å². The highest BCUT2D eigenvalue weighted by atomic mass is 35.5. The third-order valence-corrected chi connectivity index (χ3v) is 5.16. The van der Waals surface area contributed by atoms with E-state index in [2.05, 4.69) is 10.3 Å². The summed E-state index contributed by atoms with van der Waals surface area (Å²) in [4.78, 5) is 30.8. The monoisotopic (exact) mass is 364 g/mol. The van der Waals surface area contributed by atoms with Gasteiger partial charge in [0, 0.05) is 11.4 Å². The van der Waals surface area contributed by atoms with Gasteiger partial charge in [0.25, 0.3) is 0 Å². The van der Waals surface area contributed by atoms with Crippen LogP contribution in [0.3, 0.4) is 0 Å². The van der Waals surface area contributed by atoms with Gasteiger partial charge in [0.15, 0.2) is 0 Å². The summed E-state index contributed by atoms with van der Waals surface area (Å²) in [5, 5.41) is 4.97. The second kappa shape index (κ2) is 7.19. The fourth-order valence-corrected chi connectivity index (χ4v) is 3.73. The second-order valence-corrected chi connectivity index (χ2v) is 6.95. The number of hydrogen-bond acceptors (Lipinski definition) is 4. The molecule has 6 nitrogen and oxygen atoms in total. The number of aromatic nitrogens is 1. The third kappa shape index (κ3) is 3.85. The van der Waals surface area contributed by atoms with Crippen molar-refractivity contribution in [2.75, 3.05) is 6.54 Å². The van der Waals surface area contributed by atoms with Crippen LogP contribution in [0.15, 0.2) is 29.6 Å². The smallest absolute Gasteiger partial charge is 0.312 e. The zero-order valence-electron chi connectivity index (χ0n) is 12.9. The Kier molecular flexibility index (Phi) is 5.01. The molecule has 0 saturated carbocycles. The highest BCUT2D eigenvalue weighted by Gasteiger charge is 2.25. The molecule has 0 spiro atoms. The Labute approximate surface area is 148 Å². The Hall–Kier alpha value is -2.12. The van der Waals surface area contributed by atoms with Crippen LogP contribution in [0.25, 0.3) is 0 Å². The summed E-state index contributed by atoms with van der Waals surface area (Å²) in [6, 6.07) is 6.42. The molecule has 24 heavy (non-hydrogen) atoms. The number of primary amides is 1. The molecule has 8 heteroatoms. The lowest BCUT2D eigenvalue weighted by Gasteiger charge is -2.29. The number of nitrogens with zero attached hydrogens (tertiary/aromatic N) is 2.